The van der Waals surface area contributed by atoms with Crippen LogP contribution < -0.4 is 0 Å². The lowest BCUT2D eigenvalue weighted by Gasteiger charge is -2.01. The van der Waals surface area contributed by atoms with Crippen LogP contribution in [0.15, 0.2) is 68.9 Å². The van der Waals surface area contributed by atoms with E-state index in [1.807, 2.05) is 53.8 Å². The van der Waals surface area contributed by atoms with Gasteiger partial charge in [-0.2, -0.15) is 0 Å². The van der Waals surface area contributed by atoms with Gasteiger partial charge in [-0.15, -0.1) is 10.2 Å². The Balaban J connectivity index is 1.45. The molecule has 0 aliphatic rings. The van der Waals surface area contributed by atoms with Crippen LogP contribution in [0.25, 0.3) is 28.1 Å². The average molecular weight is 362 g/mol. The van der Waals surface area contributed by atoms with Gasteiger partial charge >= 0.3 is 0 Å². The van der Waals surface area contributed by atoms with E-state index in [0.717, 1.165) is 38.7 Å². The lowest BCUT2D eigenvalue weighted by molar-refractivity contribution is 0.540. The van der Waals surface area contributed by atoms with Gasteiger partial charge in [0.1, 0.15) is 17.1 Å². The van der Waals surface area contributed by atoms with Gasteiger partial charge in [0.2, 0.25) is 5.89 Å². The van der Waals surface area contributed by atoms with Crippen molar-refractivity contribution in [3.8, 4) is 11.5 Å². The Morgan fingerprint density at radius 3 is 2.88 bits per heavy atom. The van der Waals surface area contributed by atoms with Crippen LogP contribution in [0.2, 0.25) is 0 Å². The summed E-state index contributed by atoms with van der Waals surface area (Å²) in [5.74, 6) is 2.12. The maximum atomic E-state index is 5.83. The summed E-state index contributed by atoms with van der Waals surface area (Å²) in [6.45, 7) is 1.94. The zero-order chi connectivity index (χ0) is 17.5. The molecule has 7 heteroatoms. The standard InChI is InChI=1S/C19H14N4O2S/c1-12-14(21-18(25-12)13-5-3-2-4-6-13)10-26-19-16-9-17-15(7-8-24-17)23(16)11-20-22-19/h2-9,11H,10H2,1H3. The number of rotatable bonds is 4. The first-order valence-electron chi connectivity index (χ1n) is 8.14. The second-order valence-electron chi connectivity index (χ2n) is 5.88. The first-order valence-corrected chi connectivity index (χ1v) is 9.12. The van der Waals surface area contributed by atoms with Gasteiger partial charge in [-0.05, 0) is 19.1 Å². The van der Waals surface area contributed by atoms with Crippen LogP contribution in [0.3, 0.4) is 0 Å². The third-order valence-corrected chi connectivity index (χ3v) is 5.24. The Labute approximate surface area is 152 Å². The molecule has 0 N–H and O–H groups in total. The maximum Gasteiger partial charge on any atom is 0.226 e. The molecule has 0 amide bonds. The number of aromatic nitrogens is 4. The van der Waals surface area contributed by atoms with Crippen LogP contribution >= 0.6 is 11.8 Å². The minimum atomic E-state index is 0.642. The normalized spacial score (nSPS) is 11.6. The van der Waals surface area contributed by atoms with E-state index >= 15 is 0 Å². The second-order valence-corrected chi connectivity index (χ2v) is 6.85. The van der Waals surface area contributed by atoms with E-state index in [9.17, 15) is 0 Å². The van der Waals surface area contributed by atoms with Gasteiger partial charge in [0, 0.05) is 23.4 Å². The Morgan fingerprint density at radius 1 is 1.12 bits per heavy atom. The Hall–Kier alpha value is -3.06. The highest BCUT2D eigenvalue weighted by Gasteiger charge is 2.15. The first-order chi connectivity index (χ1) is 12.8. The van der Waals surface area contributed by atoms with E-state index in [4.69, 9.17) is 8.83 Å². The number of benzene rings is 1. The minimum absolute atomic E-state index is 0.642. The van der Waals surface area contributed by atoms with Crippen molar-refractivity contribution in [3.63, 3.8) is 0 Å². The number of aryl methyl sites for hydroxylation is 1. The molecule has 0 spiro atoms. The highest BCUT2D eigenvalue weighted by molar-refractivity contribution is 7.98. The zero-order valence-corrected chi connectivity index (χ0v) is 14.7. The van der Waals surface area contributed by atoms with Crippen molar-refractivity contribution in [2.75, 3.05) is 0 Å². The molecular formula is C19H14N4O2S. The maximum absolute atomic E-state index is 5.83. The molecule has 0 radical (unpaired) electrons. The molecule has 5 rings (SSSR count). The van der Waals surface area contributed by atoms with Crippen LogP contribution in [0, 0.1) is 6.92 Å². The predicted octanol–water partition coefficient (Wildman–Crippen LogP) is 4.73. The van der Waals surface area contributed by atoms with E-state index < -0.39 is 0 Å². The summed E-state index contributed by atoms with van der Waals surface area (Å²) in [6, 6.07) is 13.8. The summed E-state index contributed by atoms with van der Waals surface area (Å²) in [5.41, 5.74) is 4.67. The van der Waals surface area contributed by atoms with Crippen molar-refractivity contribution in [1.29, 1.82) is 0 Å². The first kappa shape index (κ1) is 15.2. The second kappa shape index (κ2) is 6.03. The predicted molar refractivity (Wildman–Crippen MR) is 99.0 cm³/mol. The number of fused-ring (bicyclic) bond motifs is 3. The molecule has 0 atom stereocenters. The molecule has 5 aromatic rings. The van der Waals surface area contributed by atoms with Crippen LogP contribution in [0.5, 0.6) is 0 Å². The monoisotopic (exact) mass is 362 g/mol. The molecule has 128 valence electrons. The van der Waals surface area contributed by atoms with Gasteiger partial charge in [0.25, 0.3) is 0 Å². The highest BCUT2D eigenvalue weighted by atomic mass is 32.2. The fourth-order valence-corrected chi connectivity index (χ4v) is 3.87. The molecule has 0 unspecified atom stereocenters. The highest BCUT2D eigenvalue weighted by Crippen LogP contribution is 2.31. The van der Waals surface area contributed by atoms with Crippen molar-refractivity contribution in [2.45, 2.75) is 17.7 Å². The van der Waals surface area contributed by atoms with Gasteiger partial charge < -0.3 is 8.83 Å². The molecule has 4 aromatic heterocycles. The molecule has 0 aliphatic carbocycles. The number of oxazole rings is 1. The summed E-state index contributed by atoms with van der Waals surface area (Å²) < 4.78 is 13.3. The molecule has 0 aliphatic heterocycles. The van der Waals surface area contributed by atoms with E-state index in [-0.39, 0.29) is 0 Å². The van der Waals surface area contributed by atoms with Crippen molar-refractivity contribution >= 4 is 28.4 Å². The van der Waals surface area contributed by atoms with Crippen molar-refractivity contribution in [2.24, 2.45) is 0 Å². The lowest BCUT2D eigenvalue weighted by atomic mass is 10.2. The van der Waals surface area contributed by atoms with Gasteiger partial charge in [-0.25, -0.2) is 4.98 Å². The van der Waals surface area contributed by atoms with Gasteiger partial charge in [0.15, 0.2) is 5.58 Å². The average Bonchev–Trinajstić information content (AvgIpc) is 3.35. The van der Waals surface area contributed by atoms with Gasteiger partial charge in [0.05, 0.1) is 23.0 Å². The minimum Gasteiger partial charge on any atom is -0.463 e. The summed E-state index contributed by atoms with van der Waals surface area (Å²) in [4.78, 5) is 4.65. The van der Waals surface area contributed by atoms with Gasteiger partial charge in [-0.3, -0.25) is 4.40 Å². The van der Waals surface area contributed by atoms with E-state index in [1.165, 1.54) is 0 Å². The molecule has 0 saturated carbocycles. The van der Waals surface area contributed by atoms with Crippen LogP contribution in [-0.2, 0) is 5.75 Å². The molecule has 1 aromatic carbocycles. The number of furan rings is 1. The smallest absolute Gasteiger partial charge is 0.226 e. The number of hydrogen-bond acceptors (Lipinski definition) is 6. The van der Waals surface area contributed by atoms with Crippen LogP contribution in [0.4, 0.5) is 0 Å². The molecule has 4 heterocycles. The fourth-order valence-electron chi connectivity index (χ4n) is 2.92. The largest absolute Gasteiger partial charge is 0.463 e. The quantitative estimate of drug-likeness (QED) is 0.431. The molecule has 0 fully saturated rings. The summed E-state index contributed by atoms with van der Waals surface area (Å²) in [5, 5.41) is 9.23. The molecule has 26 heavy (non-hydrogen) atoms. The number of hydrogen-bond donors (Lipinski definition) is 0. The SMILES string of the molecule is Cc1oc(-c2ccccc2)nc1CSc1nncn2c1cc1occc12. The molecule has 0 bridgehead atoms. The van der Waals surface area contributed by atoms with E-state index in [1.54, 1.807) is 24.4 Å². The van der Waals surface area contributed by atoms with E-state index in [0.29, 0.717) is 11.6 Å². The van der Waals surface area contributed by atoms with E-state index in [2.05, 4.69) is 15.2 Å². The van der Waals surface area contributed by atoms with Crippen molar-refractivity contribution in [3.05, 3.63) is 66.5 Å². The summed E-state index contributed by atoms with van der Waals surface area (Å²) in [7, 11) is 0. The Morgan fingerprint density at radius 2 is 2.00 bits per heavy atom. The van der Waals surface area contributed by atoms with Gasteiger partial charge in [-0.1, -0.05) is 30.0 Å². The molecule has 6 nitrogen and oxygen atoms in total. The molecule has 0 saturated heterocycles. The summed E-state index contributed by atoms with van der Waals surface area (Å²) >= 11 is 1.59. The lowest BCUT2D eigenvalue weighted by Crippen LogP contribution is -1.94. The Bertz CT molecular complexity index is 1210. The summed E-state index contributed by atoms with van der Waals surface area (Å²) in [6.07, 6.45) is 3.38. The zero-order valence-electron chi connectivity index (χ0n) is 13.9. The number of thioether (sulfide) groups is 1. The molecular weight excluding hydrogens is 348 g/mol. The Kier molecular flexibility index (Phi) is 3.53. The topological polar surface area (TPSA) is 69.4 Å². The number of nitrogens with zero attached hydrogens (tertiary/aromatic N) is 4. The third-order valence-electron chi connectivity index (χ3n) is 4.25. The van der Waals surface area contributed by atoms with Crippen molar-refractivity contribution in [1.82, 2.24) is 19.6 Å². The van der Waals surface area contributed by atoms with Crippen LogP contribution in [0.1, 0.15) is 11.5 Å². The van der Waals surface area contributed by atoms with Crippen LogP contribution in [-0.4, -0.2) is 19.6 Å². The third kappa shape index (κ3) is 2.48. The fraction of sp³-hybridized carbons (Fsp3) is 0.105. The van der Waals surface area contributed by atoms with Crippen molar-refractivity contribution < 1.29 is 8.83 Å².